The van der Waals surface area contributed by atoms with Gasteiger partial charge in [0.1, 0.15) is 11.6 Å². The molecule has 1 fully saturated rings. The molecule has 1 atom stereocenters. The minimum absolute atomic E-state index is 0.495. The zero-order valence-electron chi connectivity index (χ0n) is 9.82. The maximum Gasteiger partial charge on any atom is 0.143 e. The topological polar surface area (TPSA) is 39.9 Å². The van der Waals surface area contributed by atoms with Crippen LogP contribution in [-0.4, -0.2) is 28.5 Å². The molecule has 1 saturated carbocycles. The zero-order valence-corrected chi connectivity index (χ0v) is 11.4. The van der Waals surface area contributed by atoms with Gasteiger partial charge in [-0.1, -0.05) is 22.9 Å². The summed E-state index contributed by atoms with van der Waals surface area (Å²) in [5, 5.41) is 9.32. The Hall–Kier alpha value is -0.420. The lowest BCUT2D eigenvalue weighted by Crippen LogP contribution is -2.12. The largest absolute Gasteiger partial charge is 0.384 e. The van der Waals surface area contributed by atoms with E-state index in [1.54, 1.807) is 7.11 Å². The standard InChI is InChI=1S/C11H18BrN3O/c1-8(7-16-2)5-10-13-14-11(6-12)15(10)9-3-4-9/h8-9H,3-7H2,1-2H3. The Balaban J connectivity index is 2.10. The van der Waals surface area contributed by atoms with Gasteiger partial charge in [0.15, 0.2) is 0 Å². The summed E-state index contributed by atoms with van der Waals surface area (Å²) in [6.07, 6.45) is 3.48. The van der Waals surface area contributed by atoms with Crippen LogP contribution in [0.1, 0.15) is 37.5 Å². The van der Waals surface area contributed by atoms with Crippen LogP contribution in [0.2, 0.25) is 0 Å². The molecule has 0 bridgehead atoms. The van der Waals surface area contributed by atoms with Crippen molar-refractivity contribution in [1.29, 1.82) is 0 Å². The lowest BCUT2D eigenvalue weighted by Gasteiger charge is -2.11. The number of nitrogens with zero attached hydrogens (tertiary/aromatic N) is 3. The number of hydrogen-bond acceptors (Lipinski definition) is 3. The second kappa shape index (κ2) is 5.27. The van der Waals surface area contributed by atoms with Crippen LogP contribution in [-0.2, 0) is 16.5 Å². The van der Waals surface area contributed by atoms with Gasteiger partial charge in [-0.15, -0.1) is 10.2 Å². The minimum atomic E-state index is 0.495. The number of alkyl halides is 1. The van der Waals surface area contributed by atoms with Crippen LogP contribution in [0.4, 0.5) is 0 Å². The Labute approximate surface area is 105 Å². The first kappa shape index (κ1) is 12.0. The van der Waals surface area contributed by atoms with Crippen LogP contribution in [0.3, 0.4) is 0 Å². The third-order valence-corrected chi connectivity index (χ3v) is 3.35. The summed E-state index contributed by atoms with van der Waals surface area (Å²) in [5.74, 6) is 2.67. The summed E-state index contributed by atoms with van der Waals surface area (Å²) in [5.41, 5.74) is 0. The molecule has 0 aromatic carbocycles. The number of halogens is 1. The van der Waals surface area contributed by atoms with Crippen molar-refractivity contribution >= 4 is 15.9 Å². The van der Waals surface area contributed by atoms with Gasteiger partial charge in [-0.2, -0.15) is 0 Å². The van der Waals surface area contributed by atoms with Gasteiger partial charge in [0.05, 0.1) is 5.33 Å². The fraction of sp³-hybridized carbons (Fsp3) is 0.818. The molecule has 16 heavy (non-hydrogen) atoms. The summed E-state index contributed by atoms with van der Waals surface area (Å²) in [4.78, 5) is 0. The van der Waals surface area contributed by atoms with E-state index in [0.717, 1.165) is 30.0 Å². The Bertz CT molecular complexity index is 349. The van der Waals surface area contributed by atoms with Crippen LogP contribution in [0, 0.1) is 5.92 Å². The summed E-state index contributed by atoms with van der Waals surface area (Å²) in [6, 6.07) is 0.646. The first-order chi connectivity index (χ1) is 7.76. The van der Waals surface area contributed by atoms with E-state index in [0.29, 0.717) is 12.0 Å². The van der Waals surface area contributed by atoms with Crippen LogP contribution >= 0.6 is 15.9 Å². The smallest absolute Gasteiger partial charge is 0.143 e. The van der Waals surface area contributed by atoms with E-state index in [1.165, 1.54) is 12.8 Å². The maximum absolute atomic E-state index is 5.16. The predicted molar refractivity (Wildman–Crippen MR) is 65.7 cm³/mol. The van der Waals surface area contributed by atoms with E-state index in [1.807, 2.05) is 0 Å². The normalized spacial score (nSPS) is 17.7. The zero-order chi connectivity index (χ0) is 11.5. The number of methoxy groups -OCH3 is 1. The SMILES string of the molecule is COCC(C)Cc1nnc(CBr)n1C1CC1. The van der Waals surface area contributed by atoms with Crippen molar-refractivity contribution in [2.24, 2.45) is 5.92 Å². The summed E-state index contributed by atoms with van der Waals surface area (Å²) >= 11 is 3.47. The Morgan fingerprint density at radius 1 is 1.44 bits per heavy atom. The number of aromatic nitrogens is 3. The molecule has 0 radical (unpaired) electrons. The summed E-state index contributed by atoms with van der Waals surface area (Å²) in [6.45, 7) is 2.96. The van der Waals surface area contributed by atoms with Gasteiger partial charge in [0.25, 0.3) is 0 Å². The highest BCUT2D eigenvalue weighted by Gasteiger charge is 2.29. The molecule has 5 heteroatoms. The van der Waals surface area contributed by atoms with Crippen molar-refractivity contribution in [1.82, 2.24) is 14.8 Å². The molecule has 1 aliphatic rings. The van der Waals surface area contributed by atoms with Gasteiger partial charge >= 0.3 is 0 Å². The molecular formula is C11H18BrN3O. The van der Waals surface area contributed by atoms with E-state index in [-0.39, 0.29) is 0 Å². The van der Waals surface area contributed by atoms with Gasteiger partial charge < -0.3 is 9.30 Å². The van der Waals surface area contributed by atoms with E-state index < -0.39 is 0 Å². The molecular weight excluding hydrogens is 270 g/mol. The van der Waals surface area contributed by atoms with Crippen molar-refractivity contribution in [2.75, 3.05) is 13.7 Å². The molecule has 1 unspecified atom stereocenters. The van der Waals surface area contributed by atoms with Crippen LogP contribution in [0.25, 0.3) is 0 Å². The molecule has 1 aliphatic carbocycles. The van der Waals surface area contributed by atoms with Crippen molar-refractivity contribution in [3.05, 3.63) is 11.6 Å². The van der Waals surface area contributed by atoms with Gasteiger partial charge in [0, 0.05) is 26.2 Å². The molecule has 4 nitrogen and oxygen atoms in total. The average molecular weight is 288 g/mol. The lowest BCUT2D eigenvalue weighted by atomic mass is 10.1. The second-order valence-electron chi connectivity index (χ2n) is 4.53. The molecule has 0 amide bonds. The van der Waals surface area contributed by atoms with E-state index in [2.05, 4.69) is 37.6 Å². The molecule has 1 aromatic heterocycles. The van der Waals surface area contributed by atoms with Crippen molar-refractivity contribution < 1.29 is 4.74 Å². The van der Waals surface area contributed by atoms with Gasteiger partial charge in [-0.25, -0.2) is 0 Å². The molecule has 1 heterocycles. The fourth-order valence-electron chi connectivity index (χ4n) is 2.00. The Morgan fingerprint density at radius 3 is 2.69 bits per heavy atom. The minimum Gasteiger partial charge on any atom is -0.384 e. The monoisotopic (exact) mass is 287 g/mol. The van der Waals surface area contributed by atoms with Crippen LogP contribution in [0.15, 0.2) is 0 Å². The first-order valence-corrected chi connectivity index (χ1v) is 6.86. The van der Waals surface area contributed by atoms with E-state index in [9.17, 15) is 0 Å². The summed E-state index contributed by atoms with van der Waals surface area (Å²) in [7, 11) is 1.74. The fourth-order valence-corrected chi connectivity index (χ4v) is 2.38. The molecule has 0 saturated heterocycles. The van der Waals surface area contributed by atoms with Crippen molar-refractivity contribution in [2.45, 2.75) is 37.6 Å². The number of ether oxygens (including phenoxy) is 1. The highest BCUT2D eigenvalue weighted by molar-refractivity contribution is 9.08. The Morgan fingerprint density at radius 2 is 2.12 bits per heavy atom. The van der Waals surface area contributed by atoms with Crippen LogP contribution < -0.4 is 0 Å². The first-order valence-electron chi connectivity index (χ1n) is 5.73. The second-order valence-corrected chi connectivity index (χ2v) is 5.09. The lowest BCUT2D eigenvalue weighted by molar-refractivity contribution is 0.158. The molecule has 0 spiro atoms. The molecule has 0 aliphatic heterocycles. The predicted octanol–water partition coefficient (Wildman–Crippen LogP) is 2.33. The van der Waals surface area contributed by atoms with Crippen molar-refractivity contribution in [3.63, 3.8) is 0 Å². The molecule has 0 N–H and O–H groups in total. The van der Waals surface area contributed by atoms with Gasteiger partial charge in [-0.3, -0.25) is 0 Å². The number of rotatable bonds is 6. The summed E-state index contributed by atoms with van der Waals surface area (Å²) < 4.78 is 7.46. The number of hydrogen-bond donors (Lipinski definition) is 0. The highest BCUT2D eigenvalue weighted by Crippen LogP contribution is 2.37. The third-order valence-electron chi connectivity index (χ3n) is 2.85. The molecule has 90 valence electrons. The Kier molecular flexibility index (Phi) is 3.97. The quantitative estimate of drug-likeness (QED) is 0.754. The maximum atomic E-state index is 5.16. The molecule has 2 rings (SSSR count). The third kappa shape index (κ3) is 2.63. The van der Waals surface area contributed by atoms with Gasteiger partial charge in [-0.05, 0) is 18.8 Å². The average Bonchev–Trinajstić information content (AvgIpc) is 3.01. The van der Waals surface area contributed by atoms with E-state index >= 15 is 0 Å². The van der Waals surface area contributed by atoms with Crippen molar-refractivity contribution in [3.8, 4) is 0 Å². The van der Waals surface area contributed by atoms with Gasteiger partial charge in [0.2, 0.25) is 0 Å². The molecule has 1 aromatic rings. The van der Waals surface area contributed by atoms with E-state index in [4.69, 9.17) is 4.74 Å². The highest BCUT2D eigenvalue weighted by atomic mass is 79.9. The van der Waals surface area contributed by atoms with Crippen LogP contribution in [0.5, 0.6) is 0 Å².